The van der Waals surface area contributed by atoms with E-state index in [1.165, 1.54) is 0 Å². The molecule has 0 radical (unpaired) electrons. The Hall–Kier alpha value is -3.22. The van der Waals surface area contributed by atoms with Crippen molar-refractivity contribution in [1.29, 1.82) is 0 Å². The number of H-pyrrole nitrogens is 1. The van der Waals surface area contributed by atoms with Crippen LogP contribution in [0.25, 0.3) is 11.0 Å². The van der Waals surface area contributed by atoms with Crippen LogP contribution in [0.3, 0.4) is 0 Å². The number of aromatic nitrogens is 2. The number of carbonyl (C=O) groups excluding carboxylic acids is 1. The predicted molar refractivity (Wildman–Crippen MR) is 115 cm³/mol. The van der Waals surface area contributed by atoms with Gasteiger partial charge in [0.2, 0.25) is 5.91 Å². The maximum Gasteiger partial charge on any atom is 0.326 e. The molecule has 1 amide bonds. The third-order valence-electron chi connectivity index (χ3n) is 5.88. The van der Waals surface area contributed by atoms with Crippen molar-refractivity contribution >= 4 is 16.9 Å². The second kappa shape index (κ2) is 8.65. The quantitative estimate of drug-likeness (QED) is 0.679. The maximum atomic E-state index is 12.7. The van der Waals surface area contributed by atoms with Crippen LogP contribution in [0.4, 0.5) is 0 Å². The van der Waals surface area contributed by atoms with Crippen LogP contribution in [0.1, 0.15) is 30.9 Å². The third-order valence-corrected chi connectivity index (χ3v) is 5.88. The molecular weight excluding hydrogens is 382 g/mol. The lowest BCUT2D eigenvalue weighted by atomic mass is 10.0. The summed E-state index contributed by atoms with van der Waals surface area (Å²) in [4.78, 5) is 30.0. The number of aromatic amines is 1. The first kappa shape index (κ1) is 20.1. The Morgan fingerprint density at radius 2 is 1.80 bits per heavy atom. The molecule has 158 valence electrons. The molecule has 1 aromatic heterocycles. The molecule has 0 aliphatic carbocycles. The van der Waals surface area contributed by atoms with Gasteiger partial charge in [0.15, 0.2) is 11.5 Å². The van der Waals surface area contributed by atoms with Gasteiger partial charge in [-0.2, -0.15) is 0 Å². The van der Waals surface area contributed by atoms with E-state index in [1.54, 1.807) is 14.2 Å². The molecule has 0 atom stereocenters. The van der Waals surface area contributed by atoms with Gasteiger partial charge in [-0.05, 0) is 49.1 Å². The number of ether oxygens (including phenoxy) is 2. The number of rotatable bonds is 6. The lowest BCUT2D eigenvalue weighted by molar-refractivity contribution is -0.132. The lowest BCUT2D eigenvalue weighted by Gasteiger charge is -2.32. The highest BCUT2D eigenvalue weighted by atomic mass is 16.5. The molecule has 1 fully saturated rings. The Morgan fingerprint density at radius 1 is 1.07 bits per heavy atom. The van der Waals surface area contributed by atoms with Crippen molar-refractivity contribution in [2.75, 3.05) is 27.3 Å². The molecule has 4 rings (SSSR count). The van der Waals surface area contributed by atoms with Crippen LogP contribution in [0.5, 0.6) is 11.5 Å². The SMILES string of the molecule is COc1ccc(CCC(=O)N2CCC(n3c(=O)[nH]c4ccccc43)CC2)cc1OC. The molecular formula is C23H27N3O4. The van der Waals surface area contributed by atoms with Gasteiger partial charge < -0.3 is 19.4 Å². The fourth-order valence-corrected chi connectivity index (χ4v) is 4.26. The molecule has 1 aliphatic heterocycles. The number of nitrogens with zero attached hydrogens (tertiary/aromatic N) is 2. The second-order valence-electron chi connectivity index (χ2n) is 7.62. The van der Waals surface area contributed by atoms with Crippen molar-refractivity contribution < 1.29 is 14.3 Å². The number of hydrogen-bond donors (Lipinski definition) is 1. The first-order valence-electron chi connectivity index (χ1n) is 10.3. The fraction of sp³-hybridized carbons (Fsp3) is 0.391. The molecule has 2 aromatic carbocycles. The monoisotopic (exact) mass is 409 g/mol. The second-order valence-corrected chi connectivity index (χ2v) is 7.62. The zero-order valence-electron chi connectivity index (χ0n) is 17.4. The van der Waals surface area contributed by atoms with Crippen LogP contribution in [0.15, 0.2) is 47.3 Å². The summed E-state index contributed by atoms with van der Waals surface area (Å²) < 4.78 is 12.4. The van der Waals surface area contributed by atoms with Crippen molar-refractivity contribution in [3.8, 4) is 11.5 Å². The van der Waals surface area contributed by atoms with Crippen molar-refractivity contribution in [2.45, 2.75) is 31.7 Å². The van der Waals surface area contributed by atoms with E-state index >= 15 is 0 Å². The largest absolute Gasteiger partial charge is 0.493 e. The van der Waals surface area contributed by atoms with E-state index in [9.17, 15) is 9.59 Å². The predicted octanol–water partition coefficient (Wildman–Crippen LogP) is 3.14. The van der Waals surface area contributed by atoms with E-state index in [0.29, 0.717) is 37.4 Å². The summed E-state index contributed by atoms with van der Waals surface area (Å²) in [5.74, 6) is 1.50. The van der Waals surface area contributed by atoms with Gasteiger partial charge in [0.1, 0.15) is 0 Å². The number of carbonyl (C=O) groups is 1. The van der Waals surface area contributed by atoms with Crippen molar-refractivity contribution in [1.82, 2.24) is 14.5 Å². The number of para-hydroxylation sites is 2. The van der Waals surface area contributed by atoms with E-state index < -0.39 is 0 Å². The normalized spacial score (nSPS) is 14.8. The number of fused-ring (bicyclic) bond motifs is 1. The molecule has 30 heavy (non-hydrogen) atoms. The summed E-state index contributed by atoms with van der Waals surface area (Å²) in [5, 5.41) is 0. The lowest BCUT2D eigenvalue weighted by Crippen LogP contribution is -2.40. The summed E-state index contributed by atoms with van der Waals surface area (Å²) in [6, 6.07) is 13.6. The topological polar surface area (TPSA) is 76.6 Å². The maximum absolute atomic E-state index is 12.7. The third kappa shape index (κ3) is 3.92. The van der Waals surface area contributed by atoms with Gasteiger partial charge >= 0.3 is 5.69 Å². The zero-order valence-corrected chi connectivity index (χ0v) is 17.4. The Morgan fingerprint density at radius 3 is 2.53 bits per heavy atom. The van der Waals surface area contributed by atoms with Gasteiger partial charge in [0.05, 0.1) is 25.3 Å². The van der Waals surface area contributed by atoms with Crippen LogP contribution in [-0.4, -0.2) is 47.7 Å². The van der Waals surface area contributed by atoms with Crippen LogP contribution in [-0.2, 0) is 11.2 Å². The standard InChI is InChI=1S/C23H27N3O4/c1-29-20-9-7-16(15-21(20)30-2)8-10-22(27)25-13-11-17(12-14-25)26-19-6-4-3-5-18(19)24-23(26)28/h3-7,9,15,17H,8,10-14H2,1-2H3,(H,24,28). The molecule has 0 unspecified atom stereocenters. The minimum Gasteiger partial charge on any atom is -0.493 e. The molecule has 3 aromatic rings. The number of imidazole rings is 1. The van der Waals surface area contributed by atoms with Crippen molar-refractivity contribution in [3.63, 3.8) is 0 Å². The number of piperidine rings is 1. The number of nitrogens with one attached hydrogen (secondary N) is 1. The minimum atomic E-state index is -0.0746. The highest BCUT2D eigenvalue weighted by Crippen LogP contribution is 2.29. The summed E-state index contributed by atoms with van der Waals surface area (Å²) >= 11 is 0. The highest BCUT2D eigenvalue weighted by molar-refractivity contribution is 5.77. The molecule has 1 saturated heterocycles. The summed E-state index contributed by atoms with van der Waals surface area (Å²) in [6.45, 7) is 1.34. The van der Waals surface area contributed by atoms with Gasteiger partial charge in [0.25, 0.3) is 0 Å². The van der Waals surface area contributed by atoms with E-state index in [4.69, 9.17) is 9.47 Å². The zero-order chi connectivity index (χ0) is 21.1. The molecule has 0 bridgehead atoms. The Bertz CT molecular complexity index is 1090. The number of amides is 1. The van der Waals surface area contributed by atoms with Crippen LogP contribution < -0.4 is 15.2 Å². The summed E-state index contributed by atoms with van der Waals surface area (Å²) in [5.41, 5.74) is 2.76. The number of methoxy groups -OCH3 is 2. The van der Waals surface area contributed by atoms with Gasteiger partial charge in [0, 0.05) is 25.6 Å². The van der Waals surface area contributed by atoms with E-state index in [-0.39, 0.29) is 17.6 Å². The van der Waals surface area contributed by atoms with Crippen molar-refractivity contribution in [3.05, 3.63) is 58.5 Å². The average Bonchev–Trinajstić information content (AvgIpc) is 3.13. The van der Waals surface area contributed by atoms with Gasteiger partial charge in [-0.3, -0.25) is 9.36 Å². The van der Waals surface area contributed by atoms with Gasteiger partial charge in [-0.25, -0.2) is 4.79 Å². The Balaban J connectivity index is 1.35. The molecule has 0 spiro atoms. The Kier molecular flexibility index (Phi) is 5.79. The average molecular weight is 409 g/mol. The van der Waals surface area contributed by atoms with Crippen molar-refractivity contribution in [2.24, 2.45) is 0 Å². The number of aryl methyl sites for hydroxylation is 1. The first-order chi connectivity index (χ1) is 14.6. The molecule has 7 nitrogen and oxygen atoms in total. The summed E-state index contributed by atoms with van der Waals surface area (Å²) in [6.07, 6.45) is 2.67. The van der Waals surface area contributed by atoms with Crippen LogP contribution in [0.2, 0.25) is 0 Å². The van der Waals surface area contributed by atoms with E-state index in [0.717, 1.165) is 29.4 Å². The fourth-order valence-electron chi connectivity index (χ4n) is 4.26. The number of likely N-dealkylation sites (tertiary alicyclic amines) is 1. The molecule has 0 saturated carbocycles. The molecule has 1 N–H and O–H groups in total. The molecule has 1 aliphatic rings. The number of benzene rings is 2. The minimum absolute atomic E-state index is 0.0746. The first-order valence-corrected chi connectivity index (χ1v) is 10.3. The van der Waals surface area contributed by atoms with Crippen LogP contribution >= 0.6 is 0 Å². The van der Waals surface area contributed by atoms with Gasteiger partial charge in [-0.1, -0.05) is 18.2 Å². The van der Waals surface area contributed by atoms with E-state index in [2.05, 4.69) is 4.98 Å². The van der Waals surface area contributed by atoms with Gasteiger partial charge in [-0.15, -0.1) is 0 Å². The summed E-state index contributed by atoms with van der Waals surface area (Å²) in [7, 11) is 3.21. The smallest absolute Gasteiger partial charge is 0.326 e. The van der Waals surface area contributed by atoms with E-state index in [1.807, 2.05) is 51.9 Å². The number of hydrogen-bond acceptors (Lipinski definition) is 4. The molecule has 7 heteroatoms. The highest BCUT2D eigenvalue weighted by Gasteiger charge is 2.25. The molecule has 2 heterocycles. The van der Waals surface area contributed by atoms with Crippen LogP contribution in [0, 0.1) is 0 Å². The Labute approximate surface area is 175 Å².